The van der Waals surface area contributed by atoms with Crippen LogP contribution in [0.4, 0.5) is 0 Å². The molecule has 4 heteroatoms. The third kappa shape index (κ3) is 11.4. The van der Waals surface area contributed by atoms with E-state index in [9.17, 15) is 9.59 Å². The predicted molar refractivity (Wildman–Crippen MR) is 123 cm³/mol. The van der Waals surface area contributed by atoms with E-state index in [0.29, 0.717) is 19.1 Å². The number of unbranched alkanes of at least 4 members (excludes halogenated alkanes) is 5. The molecule has 30 heavy (non-hydrogen) atoms. The molecular formula is C26H48O4. The lowest BCUT2D eigenvalue weighted by Gasteiger charge is -2.29. The fourth-order valence-electron chi connectivity index (χ4n) is 4.37. The standard InChI is InChI=1S/C26H48O4/c1-5-7-16-22(6-2)20-30-26(28)24-18-13-12-17-23(24)25(27)29-19-14-10-8-9-11-15-21(3)4/h21-24H,5-20H2,1-4H3. The molecular weight excluding hydrogens is 376 g/mol. The van der Waals surface area contributed by atoms with E-state index in [1.165, 1.54) is 38.5 Å². The van der Waals surface area contributed by atoms with Crippen molar-refractivity contribution in [3.05, 3.63) is 0 Å². The molecule has 1 aliphatic rings. The first-order valence-electron chi connectivity index (χ1n) is 12.8. The van der Waals surface area contributed by atoms with Gasteiger partial charge in [0.25, 0.3) is 0 Å². The summed E-state index contributed by atoms with van der Waals surface area (Å²) in [6.07, 6.45) is 15.1. The van der Waals surface area contributed by atoms with Gasteiger partial charge in [-0.3, -0.25) is 9.59 Å². The Morgan fingerprint density at radius 3 is 2.00 bits per heavy atom. The number of carbonyl (C=O) groups is 2. The van der Waals surface area contributed by atoms with Gasteiger partial charge in [0.2, 0.25) is 0 Å². The molecule has 0 bridgehead atoms. The highest BCUT2D eigenvalue weighted by Crippen LogP contribution is 2.32. The summed E-state index contributed by atoms with van der Waals surface area (Å²) in [7, 11) is 0. The summed E-state index contributed by atoms with van der Waals surface area (Å²) in [4.78, 5) is 25.3. The van der Waals surface area contributed by atoms with Crippen molar-refractivity contribution in [2.75, 3.05) is 13.2 Å². The van der Waals surface area contributed by atoms with Crippen LogP contribution in [-0.2, 0) is 19.1 Å². The number of esters is 2. The van der Waals surface area contributed by atoms with E-state index in [1.54, 1.807) is 0 Å². The largest absolute Gasteiger partial charge is 0.465 e. The molecule has 0 aromatic heterocycles. The van der Waals surface area contributed by atoms with Crippen LogP contribution in [0.1, 0.15) is 118 Å². The molecule has 176 valence electrons. The van der Waals surface area contributed by atoms with Gasteiger partial charge < -0.3 is 9.47 Å². The molecule has 0 amide bonds. The summed E-state index contributed by atoms with van der Waals surface area (Å²) >= 11 is 0. The van der Waals surface area contributed by atoms with E-state index in [0.717, 1.165) is 57.3 Å². The van der Waals surface area contributed by atoms with Crippen LogP contribution in [0.25, 0.3) is 0 Å². The molecule has 0 saturated heterocycles. The van der Waals surface area contributed by atoms with Gasteiger partial charge in [-0.05, 0) is 37.5 Å². The van der Waals surface area contributed by atoms with Gasteiger partial charge >= 0.3 is 11.9 Å². The Kier molecular flexibility index (Phi) is 14.9. The van der Waals surface area contributed by atoms with Crippen molar-refractivity contribution in [2.24, 2.45) is 23.7 Å². The molecule has 1 aliphatic carbocycles. The van der Waals surface area contributed by atoms with Crippen molar-refractivity contribution in [1.29, 1.82) is 0 Å². The highest BCUT2D eigenvalue weighted by atomic mass is 16.5. The van der Waals surface area contributed by atoms with E-state index in [4.69, 9.17) is 9.47 Å². The molecule has 0 aromatic rings. The summed E-state index contributed by atoms with van der Waals surface area (Å²) in [5, 5.41) is 0. The van der Waals surface area contributed by atoms with Crippen molar-refractivity contribution >= 4 is 11.9 Å². The molecule has 3 unspecified atom stereocenters. The quantitative estimate of drug-likeness (QED) is 0.196. The molecule has 0 aromatic carbocycles. The van der Waals surface area contributed by atoms with Crippen molar-refractivity contribution < 1.29 is 19.1 Å². The third-order valence-electron chi connectivity index (χ3n) is 6.55. The molecule has 1 rings (SSSR count). The number of ether oxygens (including phenoxy) is 2. The minimum atomic E-state index is -0.314. The Hall–Kier alpha value is -1.06. The van der Waals surface area contributed by atoms with Gasteiger partial charge in [0, 0.05) is 0 Å². The van der Waals surface area contributed by atoms with Gasteiger partial charge in [0.15, 0.2) is 0 Å². The Morgan fingerprint density at radius 2 is 1.40 bits per heavy atom. The lowest BCUT2D eigenvalue weighted by atomic mass is 9.79. The molecule has 0 N–H and O–H groups in total. The Morgan fingerprint density at radius 1 is 0.800 bits per heavy atom. The first-order valence-corrected chi connectivity index (χ1v) is 12.8. The second kappa shape index (κ2) is 16.6. The minimum Gasteiger partial charge on any atom is -0.465 e. The van der Waals surface area contributed by atoms with E-state index < -0.39 is 0 Å². The Labute approximate surface area is 185 Å². The van der Waals surface area contributed by atoms with Crippen LogP contribution in [0.3, 0.4) is 0 Å². The molecule has 0 radical (unpaired) electrons. The number of carbonyl (C=O) groups excluding carboxylic acids is 2. The van der Waals surface area contributed by atoms with Gasteiger partial charge in [-0.2, -0.15) is 0 Å². The van der Waals surface area contributed by atoms with Gasteiger partial charge in [-0.25, -0.2) is 0 Å². The van der Waals surface area contributed by atoms with Gasteiger partial charge in [-0.15, -0.1) is 0 Å². The van der Waals surface area contributed by atoms with Gasteiger partial charge in [-0.1, -0.05) is 91.9 Å². The molecule has 1 fully saturated rings. The maximum atomic E-state index is 12.7. The van der Waals surface area contributed by atoms with Crippen LogP contribution >= 0.6 is 0 Å². The van der Waals surface area contributed by atoms with Crippen molar-refractivity contribution in [3.8, 4) is 0 Å². The van der Waals surface area contributed by atoms with Crippen molar-refractivity contribution in [2.45, 2.75) is 118 Å². The maximum Gasteiger partial charge on any atom is 0.309 e. The highest BCUT2D eigenvalue weighted by Gasteiger charge is 2.38. The van der Waals surface area contributed by atoms with Crippen LogP contribution in [0.5, 0.6) is 0 Å². The lowest BCUT2D eigenvalue weighted by molar-refractivity contribution is -0.163. The van der Waals surface area contributed by atoms with Crippen LogP contribution in [-0.4, -0.2) is 25.2 Å². The third-order valence-corrected chi connectivity index (χ3v) is 6.55. The average molecular weight is 425 g/mol. The zero-order valence-electron chi connectivity index (χ0n) is 20.3. The zero-order chi connectivity index (χ0) is 22.2. The van der Waals surface area contributed by atoms with Gasteiger partial charge in [0.05, 0.1) is 25.0 Å². The number of hydrogen-bond donors (Lipinski definition) is 0. The Bertz CT molecular complexity index is 460. The van der Waals surface area contributed by atoms with Gasteiger partial charge in [0.1, 0.15) is 0 Å². The molecule has 0 spiro atoms. The normalized spacial score (nSPS) is 20.2. The zero-order valence-corrected chi connectivity index (χ0v) is 20.3. The highest BCUT2D eigenvalue weighted by molar-refractivity contribution is 5.82. The summed E-state index contributed by atoms with van der Waals surface area (Å²) in [5.41, 5.74) is 0. The smallest absolute Gasteiger partial charge is 0.309 e. The first-order chi connectivity index (χ1) is 14.5. The van der Waals surface area contributed by atoms with Crippen LogP contribution in [0, 0.1) is 23.7 Å². The number of hydrogen-bond acceptors (Lipinski definition) is 4. The summed E-state index contributed by atoms with van der Waals surface area (Å²) in [6, 6.07) is 0. The summed E-state index contributed by atoms with van der Waals surface area (Å²) < 4.78 is 11.2. The second-order valence-corrected chi connectivity index (χ2v) is 9.66. The van der Waals surface area contributed by atoms with E-state index in [1.807, 2.05) is 0 Å². The van der Waals surface area contributed by atoms with E-state index >= 15 is 0 Å². The fourth-order valence-corrected chi connectivity index (χ4v) is 4.37. The summed E-state index contributed by atoms with van der Waals surface area (Å²) in [6.45, 7) is 9.84. The molecule has 0 aliphatic heterocycles. The SMILES string of the molecule is CCCCC(CC)COC(=O)C1CCCCC1C(=O)OCCCCCCCC(C)C. The van der Waals surface area contributed by atoms with Crippen LogP contribution in [0.2, 0.25) is 0 Å². The molecule has 4 nitrogen and oxygen atoms in total. The lowest BCUT2D eigenvalue weighted by Crippen LogP contribution is -2.35. The van der Waals surface area contributed by atoms with Crippen molar-refractivity contribution in [1.82, 2.24) is 0 Å². The first kappa shape index (κ1) is 27.0. The minimum absolute atomic E-state index is 0.184. The van der Waals surface area contributed by atoms with E-state index in [2.05, 4.69) is 27.7 Å². The van der Waals surface area contributed by atoms with E-state index in [-0.39, 0.29) is 23.8 Å². The fraction of sp³-hybridized carbons (Fsp3) is 0.923. The average Bonchev–Trinajstić information content (AvgIpc) is 2.75. The molecule has 0 heterocycles. The summed E-state index contributed by atoms with van der Waals surface area (Å²) in [5.74, 6) is 0.221. The maximum absolute atomic E-state index is 12.7. The molecule has 3 atom stereocenters. The van der Waals surface area contributed by atoms with Crippen LogP contribution in [0.15, 0.2) is 0 Å². The monoisotopic (exact) mass is 424 g/mol. The Balaban J connectivity index is 2.32. The topological polar surface area (TPSA) is 52.6 Å². The van der Waals surface area contributed by atoms with Crippen molar-refractivity contribution in [3.63, 3.8) is 0 Å². The second-order valence-electron chi connectivity index (χ2n) is 9.66. The number of rotatable bonds is 16. The van der Waals surface area contributed by atoms with Crippen LogP contribution < -0.4 is 0 Å². The predicted octanol–water partition coefficient (Wildman–Crippen LogP) is 7.09. The molecule has 1 saturated carbocycles.